The number of phenolic OH excluding ortho intramolecular Hbond substituents is 1. The number of phenols is 1. The molecule has 3 N–H and O–H groups in total. The Morgan fingerprint density at radius 3 is 2.70 bits per heavy atom. The largest absolute Gasteiger partial charge is 0.507 e. The average molecular weight is 280 g/mol. The van der Waals surface area contributed by atoms with Crippen molar-refractivity contribution in [3.05, 3.63) is 23.8 Å². The number of hydrogen-bond donors (Lipinski definition) is 2. The van der Waals surface area contributed by atoms with Crippen LogP contribution in [0.25, 0.3) is 0 Å². The van der Waals surface area contributed by atoms with Gasteiger partial charge in [-0.2, -0.15) is 0 Å². The van der Waals surface area contributed by atoms with Crippen molar-refractivity contribution >= 4 is 5.91 Å². The van der Waals surface area contributed by atoms with Gasteiger partial charge in [-0.15, -0.1) is 0 Å². The summed E-state index contributed by atoms with van der Waals surface area (Å²) in [5.74, 6) is 0.680. The number of nitrogens with zero attached hydrogens (tertiary/aromatic N) is 1. The second-order valence-electron chi connectivity index (χ2n) is 5.17. The predicted molar refractivity (Wildman–Crippen MR) is 79.1 cm³/mol. The monoisotopic (exact) mass is 280 g/mol. The average Bonchev–Trinajstić information content (AvgIpc) is 2.43. The molecule has 5 nitrogen and oxygen atoms in total. The molecule has 0 bridgehead atoms. The lowest BCUT2D eigenvalue weighted by Gasteiger charge is -2.25. The van der Waals surface area contributed by atoms with Crippen molar-refractivity contribution in [2.75, 3.05) is 26.7 Å². The molecule has 20 heavy (non-hydrogen) atoms. The van der Waals surface area contributed by atoms with Crippen LogP contribution in [0.2, 0.25) is 0 Å². The van der Waals surface area contributed by atoms with Crippen LogP contribution in [0.3, 0.4) is 0 Å². The van der Waals surface area contributed by atoms with E-state index >= 15 is 0 Å². The third-order valence-electron chi connectivity index (χ3n) is 2.94. The van der Waals surface area contributed by atoms with E-state index in [9.17, 15) is 9.90 Å². The van der Waals surface area contributed by atoms with Gasteiger partial charge in [0.15, 0.2) is 0 Å². The zero-order valence-electron chi connectivity index (χ0n) is 12.4. The number of benzene rings is 1. The maximum absolute atomic E-state index is 12.5. The first-order valence-corrected chi connectivity index (χ1v) is 6.86. The van der Waals surface area contributed by atoms with Crippen molar-refractivity contribution in [3.63, 3.8) is 0 Å². The van der Waals surface area contributed by atoms with Crippen molar-refractivity contribution in [3.8, 4) is 11.5 Å². The number of aromatic hydroxyl groups is 1. The summed E-state index contributed by atoms with van der Waals surface area (Å²) < 4.78 is 5.10. The topological polar surface area (TPSA) is 75.8 Å². The van der Waals surface area contributed by atoms with Crippen LogP contribution in [0, 0.1) is 5.92 Å². The molecule has 0 fully saturated rings. The maximum Gasteiger partial charge on any atom is 0.257 e. The molecule has 0 radical (unpaired) electrons. The van der Waals surface area contributed by atoms with Gasteiger partial charge in [0.25, 0.3) is 5.91 Å². The molecule has 0 aromatic heterocycles. The van der Waals surface area contributed by atoms with E-state index in [4.69, 9.17) is 10.5 Å². The van der Waals surface area contributed by atoms with E-state index in [-0.39, 0.29) is 17.2 Å². The minimum atomic E-state index is -0.191. The van der Waals surface area contributed by atoms with Gasteiger partial charge in [0.1, 0.15) is 11.5 Å². The number of carbonyl (C=O) groups excluding carboxylic acids is 1. The number of amides is 1. The lowest BCUT2D eigenvalue weighted by Crippen LogP contribution is -2.36. The number of ether oxygens (including phenoxy) is 1. The van der Waals surface area contributed by atoms with Crippen LogP contribution >= 0.6 is 0 Å². The van der Waals surface area contributed by atoms with Gasteiger partial charge in [0.2, 0.25) is 0 Å². The molecule has 0 saturated heterocycles. The molecule has 0 atom stereocenters. The van der Waals surface area contributed by atoms with Crippen LogP contribution in [0.1, 0.15) is 30.6 Å². The molecular formula is C15H24N2O3. The summed E-state index contributed by atoms with van der Waals surface area (Å²) in [7, 11) is 1.53. The van der Waals surface area contributed by atoms with Gasteiger partial charge in [0.05, 0.1) is 12.7 Å². The Morgan fingerprint density at radius 1 is 1.45 bits per heavy atom. The highest BCUT2D eigenvalue weighted by Gasteiger charge is 2.20. The lowest BCUT2D eigenvalue weighted by atomic mass is 10.1. The number of rotatable bonds is 7. The maximum atomic E-state index is 12.5. The third kappa shape index (κ3) is 4.42. The van der Waals surface area contributed by atoms with Gasteiger partial charge < -0.3 is 20.5 Å². The van der Waals surface area contributed by atoms with E-state index in [0.717, 1.165) is 6.42 Å². The first kappa shape index (κ1) is 16.3. The minimum absolute atomic E-state index is 0.0303. The molecular weight excluding hydrogens is 256 g/mol. The normalized spacial score (nSPS) is 10.7. The molecule has 1 amide bonds. The van der Waals surface area contributed by atoms with Gasteiger partial charge in [-0.25, -0.2) is 0 Å². The second kappa shape index (κ2) is 7.75. The second-order valence-corrected chi connectivity index (χ2v) is 5.17. The van der Waals surface area contributed by atoms with Crippen LogP contribution < -0.4 is 10.5 Å². The Morgan fingerprint density at radius 2 is 2.15 bits per heavy atom. The summed E-state index contributed by atoms with van der Waals surface area (Å²) in [5, 5.41) is 9.88. The molecule has 1 aromatic rings. The first-order valence-electron chi connectivity index (χ1n) is 6.86. The van der Waals surface area contributed by atoms with E-state index in [1.54, 1.807) is 17.0 Å². The molecule has 0 unspecified atom stereocenters. The zero-order chi connectivity index (χ0) is 15.1. The number of methoxy groups -OCH3 is 1. The highest BCUT2D eigenvalue weighted by Crippen LogP contribution is 2.24. The molecule has 5 heteroatoms. The Labute approximate surface area is 120 Å². The number of nitrogens with two attached hydrogens (primary N) is 1. The molecule has 112 valence electrons. The predicted octanol–water partition coefficient (Wildman–Crippen LogP) is 1.85. The fraction of sp³-hybridized carbons (Fsp3) is 0.533. The van der Waals surface area contributed by atoms with Crippen molar-refractivity contribution in [2.45, 2.75) is 20.3 Å². The number of carbonyl (C=O) groups is 1. The summed E-state index contributed by atoms with van der Waals surface area (Å²) >= 11 is 0. The summed E-state index contributed by atoms with van der Waals surface area (Å²) in [6.45, 7) is 5.86. The molecule has 0 aliphatic rings. The van der Waals surface area contributed by atoms with Crippen molar-refractivity contribution < 1.29 is 14.6 Å². The minimum Gasteiger partial charge on any atom is -0.507 e. The van der Waals surface area contributed by atoms with Crippen LogP contribution in [0.15, 0.2) is 18.2 Å². The van der Waals surface area contributed by atoms with Crippen LogP contribution in [0.5, 0.6) is 11.5 Å². The van der Waals surface area contributed by atoms with E-state index < -0.39 is 0 Å². The van der Waals surface area contributed by atoms with E-state index in [1.807, 2.05) is 13.8 Å². The van der Waals surface area contributed by atoms with Gasteiger partial charge in [-0.05, 0) is 37.1 Å². The van der Waals surface area contributed by atoms with Crippen molar-refractivity contribution in [2.24, 2.45) is 11.7 Å². The summed E-state index contributed by atoms with van der Waals surface area (Å²) in [6.07, 6.45) is 0.739. The Hall–Kier alpha value is -1.75. The van der Waals surface area contributed by atoms with E-state index in [0.29, 0.717) is 31.3 Å². The Kier molecular flexibility index (Phi) is 6.31. The van der Waals surface area contributed by atoms with Crippen LogP contribution in [0.4, 0.5) is 0 Å². The third-order valence-corrected chi connectivity index (χ3v) is 2.94. The first-order chi connectivity index (χ1) is 9.49. The van der Waals surface area contributed by atoms with Crippen LogP contribution in [-0.4, -0.2) is 42.7 Å². The van der Waals surface area contributed by atoms with Gasteiger partial charge in [-0.1, -0.05) is 13.8 Å². The van der Waals surface area contributed by atoms with E-state index in [1.165, 1.54) is 13.2 Å². The summed E-state index contributed by atoms with van der Waals surface area (Å²) in [4.78, 5) is 14.3. The lowest BCUT2D eigenvalue weighted by molar-refractivity contribution is 0.0731. The van der Waals surface area contributed by atoms with Gasteiger partial charge in [0, 0.05) is 13.1 Å². The summed E-state index contributed by atoms with van der Waals surface area (Å²) in [5.41, 5.74) is 5.78. The smallest absolute Gasteiger partial charge is 0.257 e. The summed E-state index contributed by atoms with van der Waals surface area (Å²) in [6, 6.07) is 4.66. The fourth-order valence-electron chi connectivity index (χ4n) is 1.98. The van der Waals surface area contributed by atoms with Gasteiger partial charge in [-0.3, -0.25) is 4.79 Å². The van der Waals surface area contributed by atoms with Crippen molar-refractivity contribution in [1.29, 1.82) is 0 Å². The van der Waals surface area contributed by atoms with Gasteiger partial charge >= 0.3 is 0 Å². The Bertz CT molecular complexity index is 447. The fourth-order valence-corrected chi connectivity index (χ4v) is 1.98. The van der Waals surface area contributed by atoms with E-state index in [2.05, 4.69) is 0 Å². The molecule has 0 aliphatic carbocycles. The van der Waals surface area contributed by atoms with Crippen molar-refractivity contribution in [1.82, 2.24) is 4.90 Å². The highest BCUT2D eigenvalue weighted by atomic mass is 16.5. The molecule has 1 rings (SSSR count). The molecule has 0 spiro atoms. The molecule has 0 heterocycles. The zero-order valence-corrected chi connectivity index (χ0v) is 12.4. The molecule has 1 aromatic carbocycles. The quantitative estimate of drug-likeness (QED) is 0.799. The van der Waals surface area contributed by atoms with Crippen LogP contribution in [-0.2, 0) is 0 Å². The molecule has 0 saturated carbocycles. The highest BCUT2D eigenvalue weighted by molar-refractivity contribution is 5.97. The molecule has 0 aliphatic heterocycles. The Balaban J connectivity index is 2.97. The SMILES string of the molecule is COc1ccc(O)c(C(=O)N(CCCN)CC(C)C)c1. The standard InChI is InChI=1S/C15H24N2O3/c1-11(2)10-17(8-4-7-16)15(19)13-9-12(20-3)5-6-14(13)18/h5-6,9,11,18H,4,7-8,10,16H2,1-3H3. The number of hydrogen-bond acceptors (Lipinski definition) is 4.